The molecule has 2 rings (SSSR count). The van der Waals surface area contributed by atoms with Crippen molar-refractivity contribution in [2.45, 2.75) is 18.0 Å². The highest BCUT2D eigenvalue weighted by molar-refractivity contribution is 7.89. The number of nitrogens with two attached hydrogens (primary N) is 1. The van der Waals surface area contributed by atoms with Gasteiger partial charge in [-0.1, -0.05) is 23.2 Å². The third-order valence-electron chi connectivity index (χ3n) is 2.87. The van der Waals surface area contributed by atoms with Gasteiger partial charge in [0.15, 0.2) is 0 Å². The van der Waals surface area contributed by atoms with E-state index >= 15 is 0 Å². The molecule has 0 radical (unpaired) electrons. The topological polar surface area (TPSA) is 90.0 Å². The molecule has 0 aliphatic rings. The second-order valence-corrected chi connectivity index (χ2v) is 6.76. The van der Waals surface area contributed by atoms with Crippen molar-refractivity contribution >= 4 is 33.2 Å². The van der Waals surface area contributed by atoms with Crippen molar-refractivity contribution in [3.8, 4) is 0 Å². The van der Waals surface area contributed by atoms with Gasteiger partial charge in [0.25, 0.3) is 0 Å². The minimum Gasteiger partial charge on any atom is -0.336 e. The largest absolute Gasteiger partial charge is 0.336 e. The molecule has 0 saturated carbocycles. The van der Waals surface area contributed by atoms with Gasteiger partial charge >= 0.3 is 0 Å². The van der Waals surface area contributed by atoms with Crippen LogP contribution in [0.1, 0.15) is 5.56 Å². The van der Waals surface area contributed by atoms with Gasteiger partial charge in [-0.3, -0.25) is 0 Å². The lowest BCUT2D eigenvalue weighted by Gasteiger charge is -2.12. The van der Waals surface area contributed by atoms with Crippen molar-refractivity contribution in [1.82, 2.24) is 14.3 Å². The summed E-state index contributed by atoms with van der Waals surface area (Å²) in [7, 11) is -3.72. The normalized spacial score (nSPS) is 11.8. The van der Waals surface area contributed by atoms with E-state index < -0.39 is 10.0 Å². The molecule has 2 aromatic rings. The lowest BCUT2D eigenvalue weighted by molar-refractivity contribution is 0.572. The average Bonchev–Trinajstić information content (AvgIpc) is 2.92. The molecule has 0 aliphatic heterocycles. The van der Waals surface area contributed by atoms with Crippen LogP contribution < -0.4 is 10.5 Å². The van der Waals surface area contributed by atoms with Gasteiger partial charge in [-0.2, -0.15) is 0 Å². The standard InChI is InChI=1S/C12H14Cl2N4O2S/c13-10-1-2-11(12(14)9(10)7-15)21(19,20)17-4-6-18-5-3-16-8-18/h1-3,5,8,17H,4,6-7,15H2. The Kier molecular flexibility index (Phi) is 5.23. The fourth-order valence-electron chi connectivity index (χ4n) is 1.78. The summed E-state index contributed by atoms with van der Waals surface area (Å²) in [5, 5.41) is 0.403. The maximum atomic E-state index is 12.3. The Balaban J connectivity index is 2.16. The van der Waals surface area contributed by atoms with Gasteiger partial charge in [-0.15, -0.1) is 0 Å². The molecule has 3 N–H and O–H groups in total. The molecule has 1 aromatic carbocycles. The predicted octanol–water partition coefficient (Wildman–Crippen LogP) is 1.63. The Morgan fingerprint density at radius 1 is 1.33 bits per heavy atom. The molecule has 0 fully saturated rings. The van der Waals surface area contributed by atoms with Gasteiger partial charge in [-0.05, 0) is 12.1 Å². The number of benzene rings is 1. The molecular formula is C12H14Cl2N4O2S. The van der Waals surface area contributed by atoms with Crippen LogP contribution in [0.2, 0.25) is 10.0 Å². The summed E-state index contributed by atoms with van der Waals surface area (Å²) >= 11 is 12.0. The van der Waals surface area contributed by atoms with E-state index in [1.54, 1.807) is 23.3 Å². The van der Waals surface area contributed by atoms with Crippen molar-refractivity contribution in [1.29, 1.82) is 0 Å². The van der Waals surface area contributed by atoms with Crippen molar-refractivity contribution in [3.63, 3.8) is 0 Å². The molecule has 9 heteroatoms. The minimum atomic E-state index is -3.72. The van der Waals surface area contributed by atoms with Crippen molar-refractivity contribution in [2.75, 3.05) is 6.54 Å². The van der Waals surface area contributed by atoms with E-state index in [0.29, 0.717) is 17.1 Å². The van der Waals surface area contributed by atoms with Crippen LogP contribution in [-0.4, -0.2) is 24.5 Å². The number of aromatic nitrogens is 2. The van der Waals surface area contributed by atoms with Crippen molar-refractivity contribution in [3.05, 3.63) is 46.5 Å². The van der Waals surface area contributed by atoms with E-state index in [1.807, 2.05) is 0 Å². The smallest absolute Gasteiger partial charge is 0.242 e. The summed E-state index contributed by atoms with van der Waals surface area (Å²) < 4.78 is 28.8. The van der Waals surface area contributed by atoms with Gasteiger partial charge in [-0.25, -0.2) is 18.1 Å². The first-order chi connectivity index (χ1) is 9.95. The average molecular weight is 349 g/mol. The van der Waals surface area contributed by atoms with Crippen LogP contribution in [0.5, 0.6) is 0 Å². The van der Waals surface area contributed by atoms with E-state index in [9.17, 15) is 8.42 Å². The lowest BCUT2D eigenvalue weighted by Crippen LogP contribution is -2.27. The fraction of sp³-hybridized carbons (Fsp3) is 0.250. The van der Waals surface area contributed by atoms with Crippen LogP contribution in [-0.2, 0) is 23.1 Å². The number of halogens is 2. The molecule has 0 saturated heterocycles. The van der Waals surface area contributed by atoms with E-state index in [-0.39, 0.29) is 23.0 Å². The number of rotatable bonds is 6. The molecule has 6 nitrogen and oxygen atoms in total. The summed E-state index contributed by atoms with van der Waals surface area (Å²) in [6.07, 6.45) is 4.98. The Morgan fingerprint density at radius 3 is 2.71 bits per heavy atom. The van der Waals surface area contributed by atoms with E-state index in [2.05, 4.69) is 9.71 Å². The highest BCUT2D eigenvalue weighted by atomic mass is 35.5. The van der Waals surface area contributed by atoms with Crippen molar-refractivity contribution < 1.29 is 8.42 Å². The molecule has 0 atom stereocenters. The number of hydrogen-bond acceptors (Lipinski definition) is 4. The van der Waals surface area contributed by atoms with Crippen LogP contribution in [0, 0.1) is 0 Å². The third-order valence-corrected chi connectivity index (χ3v) is 5.27. The first-order valence-electron chi connectivity index (χ1n) is 6.08. The Morgan fingerprint density at radius 2 is 2.10 bits per heavy atom. The van der Waals surface area contributed by atoms with E-state index in [1.165, 1.54) is 12.1 Å². The van der Waals surface area contributed by atoms with Crippen LogP contribution in [0.25, 0.3) is 0 Å². The number of sulfonamides is 1. The highest BCUT2D eigenvalue weighted by Crippen LogP contribution is 2.30. The summed E-state index contributed by atoms with van der Waals surface area (Å²) in [5.41, 5.74) is 5.95. The molecule has 0 bridgehead atoms. The summed E-state index contributed by atoms with van der Waals surface area (Å²) in [6.45, 7) is 0.750. The van der Waals surface area contributed by atoms with Crippen LogP contribution in [0.4, 0.5) is 0 Å². The monoisotopic (exact) mass is 348 g/mol. The molecule has 1 heterocycles. The quantitative estimate of drug-likeness (QED) is 0.829. The minimum absolute atomic E-state index is 0.0281. The summed E-state index contributed by atoms with van der Waals surface area (Å²) in [4.78, 5) is 3.85. The Labute approximate surface area is 132 Å². The van der Waals surface area contributed by atoms with Crippen molar-refractivity contribution in [2.24, 2.45) is 5.73 Å². The maximum absolute atomic E-state index is 12.3. The van der Waals surface area contributed by atoms with E-state index in [0.717, 1.165) is 0 Å². The summed E-state index contributed by atoms with van der Waals surface area (Å²) in [6, 6.07) is 2.84. The highest BCUT2D eigenvalue weighted by Gasteiger charge is 2.20. The predicted molar refractivity (Wildman–Crippen MR) is 81.8 cm³/mol. The molecule has 1 aromatic heterocycles. The molecular weight excluding hydrogens is 335 g/mol. The zero-order valence-electron chi connectivity index (χ0n) is 11.0. The third kappa shape index (κ3) is 3.75. The van der Waals surface area contributed by atoms with Gasteiger partial charge in [0.1, 0.15) is 4.90 Å². The maximum Gasteiger partial charge on any atom is 0.242 e. The van der Waals surface area contributed by atoms with Gasteiger partial charge in [0, 0.05) is 42.6 Å². The van der Waals surface area contributed by atoms with Gasteiger partial charge < -0.3 is 10.3 Å². The number of nitrogens with one attached hydrogen (secondary N) is 1. The van der Waals surface area contributed by atoms with Crippen LogP contribution in [0.15, 0.2) is 35.7 Å². The zero-order chi connectivity index (χ0) is 15.5. The Hall–Kier alpha value is -1.12. The van der Waals surface area contributed by atoms with Gasteiger partial charge in [0.05, 0.1) is 11.3 Å². The van der Waals surface area contributed by atoms with Crippen LogP contribution in [0.3, 0.4) is 0 Å². The fourth-order valence-corrected chi connectivity index (χ4v) is 3.73. The number of hydrogen-bond donors (Lipinski definition) is 2. The first-order valence-corrected chi connectivity index (χ1v) is 8.32. The van der Waals surface area contributed by atoms with Gasteiger partial charge in [0.2, 0.25) is 10.0 Å². The molecule has 114 valence electrons. The number of nitrogens with zero attached hydrogens (tertiary/aromatic N) is 2. The molecule has 0 unspecified atom stereocenters. The zero-order valence-corrected chi connectivity index (χ0v) is 13.3. The molecule has 21 heavy (non-hydrogen) atoms. The first kappa shape index (κ1) is 16.3. The SMILES string of the molecule is NCc1c(Cl)ccc(S(=O)(=O)NCCn2ccnc2)c1Cl. The molecule has 0 amide bonds. The molecule has 0 spiro atoms. The second kappa shape index (κ2) is 6.76. The van der Waals surface area contributed by atoms with Crippen LogP contribution >= 0.6 is 23.2 Å². The number of imidazole rings is 1. The lowest BCUT2D eigenvalue weighted by atomic mass is 10.2. The second-order valence-electron chi connectivity index (χ2n) is 4.24. The molecule has 0 aliphatic carbocycles. The summed E-state index contributed by atoms with van der Waals surface area (Å²) in [5.74, 6) is 0. The Bertz CT molecular complexity index is 717. The van der Waals surface area contributed by atoms with E-state index in [4.69, 9.17) is 28.9 Å².